The SMILES string of the molecule is CN1/C(=C2/SC(=Nc3ccccc3C(=O)O)N(Cc3ccccc3)C2=O)Sc2ccccc21. The number of nitrogens with zero attached hydrogens (tertiary/aromatic N) is 3. The molecule has 0 aromatic heterocycles. The van der Waals surface area contributed by atoms with E-state index in [0.29, 0.717) is 22.3 Å². The van der Waals surface area contributed by atoms with Gasteiger partial charge in [0.05, 0.1) is 28.5 Å². The quantitative estimate of drug-likeness (QED) is 0.500. The molecular formula is C25H19N3O3S2. The molecule has 1 N–H and O–H groups in total. The minimum Gasteiger partial charge on any atom is -0.478 e. The first-order chi connectivity index (χ1) is 16.0. The van der Waals surface area contributed by atoms with Gasteiger partial charge < -0.3 is 10.0 Å². The predicted octanol–water partition coefficient (Wildman–Crippen LogP) is 5.56. The highest BCUT2D eigenvalue weighted by atomic mass is 32.2. The summed E-state index contributed by atoms with van der Waals surface area (Å²) < 4.78 is 0. The minimum atomic E-state index is -1.06. The lowest BCUT2D eigenvalue weighted by Gasteiger charge is -2.17. The van der Waals surface area contributed by atoms with Crippen LogP contribution in [0, 0.1) is 0 Å². The summed E-state index contributed by atoms with van der Waals surface area (Å²) in [6.07, 6.45) is 0. The zero-order valence-corrected chi connectivity index (χ0v) is 19.3. The Kier molecular flexibility index (Phi) is 5.70. The van der Waals surface area contributed by atoms with E-state index in [-0.39, 0.29) is 11.5 Å². The molecule has 3 aromatic carbocycles. The lowest BCUT2D eigenvalue weighted by molar-refractivity contribution is -0.122. The summed E-state index contributed by atoms with van der Waals surface area (Å²) in [4.78, 5) is 35.3. The van der Waals surface area contributed by atoms with E-state index in [9.17, 15) is 14.7 Å². The van der Waals surface area contributed by atoms with Crippen LogP contribution in [0.2, 0.25) is 0 Å². The van der Waals surface area contributed by atoms with Crippen LogP contribution in [0.1, 0.15) is 15.9 Å². The Morgan fingerprint density at radius 3 is 2.39 bits per heavy atom. The Bertz CT molecular complexity index is 1320. The van der Waals surface area contributed by atoms with Crippen molar-refractivity contribution in [3.05, 3.63) is 99.9 Å². The third-order valence-corrected chi connectivity index (χ3v) is 7.76. The molecule has 0 aliphatic carbocycles. The molecule has 2 aliphatic rings. The van der Waals surface area contributed by atoms with Gasteiger partial charge in [0.25, 0.3) is 5.91 Å². The molecule has 6 nitrogen and oxygen atoms in total. The molecule has 1 amide bonds. The second kappa shape index (κ2) is 8.80. The molecule has 33 heavy (non-hydrogen) atoms. The number of hydrogen-bond acceptors (Lipinski definition) is 6. The van der Waals surface area contributed by atoms with Crippen molar-refractivity contribution in [1.29, 1.82) is 0 Å². The van der Waals surface area contributed by atoms with E-state index < -0.39 is 5.97 Å². The summed E-state index contributed by atoms with van der Waals surface area (Å²) in [6, 6.07) is 24.3. The maximum atomic E-state index is 13.6. The van der Waals surface area contributed by atoms with Gasteiger partial charge in [0, 0.05) is 11.9 Å². The van der Waals surface area contributed by atoms with Crippen molar-refractivity contribution in [3.8, 4) is 0 Å². The maximum absolute atomic E-state index is 13.6. The standard InChI is InChI=1S/C25H19N3O3S2/c1-27-19-13-7-8-14-20(19)32-23(27)21-22(29)28(15-16-9-3-2-4-10-16)25(33-21)26-18-12-6-5-11-17(18)24(30)31/h2-14H,15H2,1H3,(H,30,31)/b23-21-,26-25?. The van der Waals surface area contributed by atoms with Gasteiger partial charge in [-0.05, 0) is 41.6 Å². The summed E-state index contributed by atoms with van der Waals surface area (Å²) in [5, 5.41) is 10.9. The molecule has 0 radical (unpaired) electrons. The second-order valence-electron chi connectivity index (χ2n) is 7.46. The molecule has 1 saturated heterocycles. The Balaban J connectivity index is 1.59. The number of hydrogen-bond donors (Lipinski definition) is 1. The number of thioether (sulfide) groups is 2. The van der Waals surface area contributed by atoms with Gasteiger partial charge in [0.15, 0.2) is 5.17 Å². The number of benzene rings is 3. The third-order valence-electron chi connectivity index (χ3n) is 5.33. The van der Waals surface area contributed by atoms with Crippen LogP contribution in [0.3, 0.4) is 0 Å². The largest absolute Gasteiger partial charge is 0.478 e. The number of amidine groups is 1. The fourth-order valence-corrected chi connectivity index (χ4v) is 6.02. The van der Waals surface area contributed by atoms with Gasteiger partial charge in [0.1, 0.15) is 4.91 Å². The number of para-hydroxylation sites is 2. The molecule has 0 atom stereocenters. The number of amides is 1. The van der Waals surface area contributed by atoms with Gasteiger partial charge in [-0.2, -0.15) is 0 Å². The first-order valence-electron chi connectivity index (χ1n) is 10.2. The highest BCUT2D eigenvalue weighted by molar-refractivity contribution is 8.19. The molecule has 0 spiro atoms. The smallest absolute Gasteiger partial charge is 0.337 e. The number of fused-ring (bicyclic) bond motifs is 1. The first-order valence-corrected chi connectivity index (χ1v) is 11.9. The molecule has 0 saturated carbocycles. The van der Waals surface area contributed by atoms with Crippen LogP contribution in [0.15, 0.2) is 98.7 Å². The van der Waals surface area contributed by atoms with Crippen LogP contribution >= 0.6 is 23.5 Å². The van der Waals surface area contributed by atoms with Crippen molar-refractivity contribution in [1.82, 2.24) is 4.90 Å². The van der Waals surface area contributed by atoms with Crippen molar-refractivity contribution in [2.45, 2.75) is 11.4 Å². The summed E-state index contributed by atoms with van der Waals surface area (Å²) in [5.41, 5.74) is 2.43. The van der Waals surface area contributed by atoms with E-state index in [0.717, 1.165) is 21.2 Å². The van der Waals surface area contributed by atoms with Crippen molar-refractivity contribution in [2.24, 2.45) is 4.99 Å². The Morgan fingerprint density at radius 1 is 0.939 bits per heavy atom. The highest BCUT2D eigenvalue weighted by Crippen LogP contribution is 2.50. The molecule has 2 aliphatic heterocycles. The number of carbonyl (C=O) groups is 2. The molecule has 1 fully saturated rings. The van der Waals surface area contributed by atoms with Crippen molar-refractivity contribution >= 4 is 51.9 Å². The molecule has 2 heterocycles. The van der Waals surface area contributed by atoms with Gasteiger partial charge in [-0.15, -0.1) is 0 Å². The van der Waals surface area contributed by atoms with Gasteiger partial charge >= 0.3 is 5.97 Å². The molecule has 3 aromatic rings. The fourth-order valence-electron chi connectivity index (χ4n) is 3.68. The lowest BCUT2D eigenvalue weighted by atomic mass is 10.2. The van der Waals surface area contributed by atoms with Crippen LogP contribution in [0.5, 0.6) is 0 Å². The number of aromatic carboxylic acids is 1. The average molecular weight is 474 g/mol. The minimum absolute atomic E-state index is 0.0959. The topological polar surface area (TPSA) is 73.2 Å². The van der Waals surface area contributed by atoms with E-state index in [1.54, 1.807) is 34.9 Å². The predicted molar refractivity (Wildman–Crippen MR) is 133 cm³/mol. The maximum Gasteiger partial charge on any atom is 0.337 e. The molecular weight excluding hydrogens is 454 g/mol. The third kappa shape index (κ3) is 4.03. The number of carbonyl (C=O) groups excluding carboxylic acids is 1. The number of anilines is 1. The molecule has 8 heteroatoms. The lowest BCUT2D eigenvalue weighted by Crippen LogP contribution is -2.29. The number of carboxylic acid groups (broad SMARTS) is 1. The van der Waals surface area contributed by atoms with Crippen LogP contribution in [0.4, 0.5) is 11.4 Å². The van der Waals surface area contributed by atoms with Gasteiger partial charge in [-0.1, -0.05) is 66.4 Å². The Morgan fingerprint density at radius 2 is 1.64 bits per heavy atom. The molecule has 164 valence electrons. The normalized spacial score (nSPS) is 18.8. The second-order valence-corrected chi connectivity index (χ2v) is 9.47. The number of rotatable bonds is 4. The summed E-state index contributed by atoms with van der Waals surface area (Å²) in [6.45, 7) is 0.346. The number of carboxylic acids is 1. The van der Waals surface area contributed by atoms with Crippen LogP contribution in [-0.2, 0) is 11.3 Å². The Hall–Kier alpha value is -3.49. The Labute approximate surface area is 199 Å². The summed E-state index contributed by atoms with van der Waals surface area (Å²) in [7, 11) is 1.95. The highest BCUT2D eigenvalue weighted by Gasteiger charge is 2.39. The fraction of sp³-hybridized carbons (Fsp3) is 0.0800. The van der Waals surface area contributed by atoms with E-state index in [1.165, 1.54) is 17.8 Å². The monoisotopic (exact) mass is 473 g/mol. The van der Waals surface area contributed by atoms with Gasteiger partial charge in [0.2, 0.25) is 0 Å². The summed E-state index contributed by atoms with van der Waals surface area (Å²) >= 11 is 2.84. The molecule has 0 unspecified atom stereocenters. The zero-order valence-electron chi connectivity index (χ0n) is 17.6. The zero-order chi connectivity index (χ0) is 22.9. The van der Waals surface area contributed by atoms with Crippen molar-refractivity contribution in [3.63, 3.8) is 0 Å². The average Bonchev–Trinajstić information content (AvgIpc) is 3.32. The van der Waals surface area contributed by atoms with E-state index in [4.69, 9.17) is 0 Å². The number of aliphatic imine (C=N–C) groups is 1. The van der Waals surface area contributed by atoms with Crippen LogP contribution in [0.25, 0.3) is 0 Å². The van der Waals surface area contributed by atoms with Gasteiger partial charge in [-0.25, -0.2) is 9.79 Å². The van der Waals surface area contributed by atoms with E-state index >= 15 is 0 Å². The molecule has 5 rings (SSSR count). The first kappa shape index (κ1) is 21.4. The van der Waals surface area contributed by atoms with E-state index in [2.05, 4.69) is 4.99 Å². The molecule has 0 bridgehead atoms. The van der Waals surface area contributed by atoms with Crippen LogP contribution in [-0.4, -0.2) is 34.1 Å². The van der Waals surface area contributed by atoms with E-state index in [1.807, 2.05) is 66.5 Å². The van der Waals surface area contributed by atoms with Crippen molar-refractivity contribution in [2.75, 3.05) is 11.9 Å². The van der Waals surface area contributed by atoms with Crippen LogP contribution < -0.4 is 4.90 Å². The van der Waals surface area contributed by atoms with Crippen molar-refractivity contribution < 1.29 is 14.7 Å². The summed E-state index contributed by atoms with van der Waals surface area (Å²) in [5.74, 6) is -1.20. The van der Waals surface area contributed by atoms with Gasteiger partial charge in [-0.3, -0.25) is 9.69 Å².